The van der Waals surface area contributed by atoms with Gasteiger partial charge in [-0.05, 0) is 57.5 Å². The molecule has 0 aliphatic rings. The Balaban J connectivity index is 1.99. The highest BCUT2D eigenvalue weighted by molar-refractivity contribution is 5.89. The van der Waals surface area contributed by atoms with E-state index in [1.54, 1.807) is 32.0 Å². The van der Waals surface area contributed by atoms with Crippen molar-refractivity contribution in [2.24, 2.45) is 4.99 Å². The predicted molar refractivity (Wildman–Crippen MR) is 108 cm³/mol. The van der Waals surface area contributed by atoms with Crippen LogP contribution in [0, 0.1) is 6.92 Å². The van der Waals surface area contributed by atoms with Gasteiger partial charge in [-0.1, -0.05) is 12.1 Å². The number of hydrogen-bond acceptors (Lipinski definition) is 5. The first-order chi connectivity index (χ1) is 13.4. The third-order valence-electron chi connectivity index (χ3n) is 4.10. The average molecular weight is 387 g/mol. The zero-order valence-corrected chi connectivity index (χ0v) is 16.9. The molecule has 0 aliphatic carbocycles. The highest BCUT2D eigenvalue weighted by atomic mass is 16.5. The van der Waals surface area contributed by atoms with Crippen molar-refractivity contribution in [2.75, 3.05) is 19.7 Å². The Labute approximate surface area is 165 Å². The summed E-state index contributed by atoms with van der Waals surface area (Å²) in [5, 5.41) is 16.9. The number of furan rings is 1. The number of aliphatic hydroxyl groups is 1. The number of aliphatic imine (C=N–C) groups is 1. The van der Waals surface area contributed by atoms with E-state index in [1.165, 1.54) is 0 Å². The van der Waals surface area contributed by atoms with E-state index in [2.05, 4.69) is 15.6 Å². The second kappa shape index (κ2) is 9.94. The van der Waals surface area contributed by atoms with E-state index in [1.807, 2.05) is 32.0 Å². The number of hydrogen-bond donors (Lipinski definition) is 3. The van der Waals surface area contributed by atoms with Gasteiger partial charge in [-0.3, -0.25) is 0 Å². The van der Waals surface area contributed by atoms with Gasteiger partial charge >= 0.3 is 5.97 Å². The molecule has 3 N–H and O–H groups in total. The van der Waals surface area contributed by atoms with Crippen molar-refractivity contribution in [3.8, 4) is 0 Å². The number of nitrogens with one attached hydrogen (secondary N) is 2. The van der Waals surface area contributed by atoms with Gasteiger partial charge in [0, 0.05) is 6.54 Å². The molecule has 0 fully saturated rings. The lowest BCUT2D eigenvalue weighted by molar-refractivity contribution is 0.0377. The molecule has 1 atom stereocenters. The molecule has 7 heteroatoms. The van der Waals surface area contributed by atoms with Gasteiger partial charge in [0.2, 0.25) is 0 Å². The van der Waals surface area contributed by atoms with Crippen molar-refractivity contribution in [2.45, 2.75) is 39.8 Å². The number of guanidine groups is 1. The fourth-order valence-electron chi connectivity index (χ4n) is 2.54. The van der Waals surface area contributed by atoms with Gasteiger partial charge < -0.3 is 24.9 Å². The van der Waals surface area contributed by atoms with Crippen LogP contribution in [0.25, 0.3) is 0 Å². The molecule has 1 heterocycles. The topological polar surface area (TPSA) is 96.1 Å². The summed E-state index contributed by atoms with van der Waals surface area (Å²) in [6.07, 6.45) is 0. The molecule has 28 heavy (non-hydrogen) atoms. The van der Waals surface area contributed by atoms with Gasteiger partial charge in [0.05, 0.1) is 25.3 Å². The van der Waals surface area contributed by atoms with Crippen LogP contribution in [-0.2, 0) is 16.9 Å². The smallest absolute Gasteiger partial charge is 0.338 e. The molecule has 2 rings (SSSR count). The van der Waals surface area contributed by atoms with E-state index >= 15 is 0 Å². The normalized spacial score (nSPS) is 13.7. The summed E-state index contributed by atoms with van der Waals surface area (Å²) in [6, 6.07) is 10.7. The molecule has 0 saturated carbocycles. The molecule has 0 spiro atoms. The number of esters is 1. The van der Waals surface area contributed by atoms with E-state index in [0.717, 1.165) is 11.3 Å². The molecular formula is C21H29N3O4. The molecular weight excluding hydrogens is 358 g/mol. The number of carbonyl (C=O) groups is 1. The maximum Gasteiger partial charge on any atom is 0.338 e. The van der Waals surface area contributed by atoms with Crippen LogP contribution in [0.2, 0.25) is 0 Å². The lowest BCUT2D eigenvalue weighted by Crippen LogP contribution is -2.44. The standard InChI is InChI=1S/C21H29N3O4/c1-5-22-20(24-14-21(4,26)18-12-7-15(3)28-18)23-13-16-8-10-17(11-9-16)19(25)27-6-2/h7-12,26H,5-6,13-14H2,1-4H3,(H2,22,23,24). The van der Waals surface area contributed by atoms with Crippen LogP contribution in [0.4, 0.5) is 0 Å². The molecule has 7 nitrogen and oxygen atoms in total. The maximum atomic E-state index is 11.7. The molecule has 1 unspecified atom stereocenters. The number of ether oxygens (including phenoxy) is 1. The summed E-state index contributed by atoms with van der Waals surface area (Å²) in [4.78, 5) is 16.2. The van der Waals surface area contributed by atoms with Crippen molar-refractivity contribution < 1.29 is 19.1 Å². The summed E-state index contributed by atoms with van der Waals surface area (Å²) >= 11 is 0. The fourth-order valence-corrected chi connectivity index (χ4v) is 2.54. The number of carbonyl (C=O) groups excluding carboxylic acids is 1. The molecule has 2 aromatic rings. The molecule has 1 aromatic heterocycles. The minimum atomic E-state index is -1.16. The lowest BCUT2D eigenvalue weighted by Gasteiger charge is -2.22. The first-order valence-electron chi connectivity index (χ1n) is 9.43. The van der Waals surface area contributed by atoms with Gasteiger partial charge in [0.15, 0.2) is 5.96 Å². The molecule has 0 amide bonds. The quantitative estimate of drug-likeness (QED) is 0.366. The minimum Gasteiger partial charge on any atom is -0.463 e. The molecule has 1 aromatic carbocycles. The SMILES string of the molecule is CCNC(=NCc1ccc(C(=O)OCC)cc1)NCC(C)(O)c1ccc(C)o1. The van der Waals surface area contributed by atoms with E-state index in [9.17, 15) is 9.90 Å². The van der Waals surface area contributed by atoms with Crippen LogP contribution in [0.3, 0.4) is 0 Å². The van der Waals surface area contributed by atoms with E-state index in [4.69, 9.17) is 9.15 Å². The summed E-state index contributed by atoms with van der Waals surface area (Å²) in [5.74, 6) is 1.51. The second-order valence-corrected chi connectivity index (χ2v) is 6.65. The summed E-state index contributed by atoms with van der Waals surface area (Å²) in [5.41, 5.74) is 0.314. The molecule has 0 bridgehead atoms. The van der Waals surface area contributed by atoms with E-state index in [-0.39, 0.29) is 12.5 Å². The molecule has 152 valence electrons. The summed E-state index contributed by atoms with van der Waals surface area (Å²) in [7, 11) is 0. The molecule has 0 saturated heterocycles. The van der Waals surface area contributed by atoms with Gasteiger partial charge in [-0.2, -0.15) is 0 Å². The summed E-state index contributed by atoms with van der Waals surface area (Å²) in [6.45, 7) is 9.00. The number of nitrogens with zero attached hydrogens (tertiary/aromatic N) is 1. The van der Waals surface area contributed by atoms with E-state index in [0.29, 0.717) is 37.0 Å². The third-order valence-corrected chi connectivity index (χ3v) is 4.10. The van der Waals surface area contributed by atoms with Crippen LogP contribution < -0.4 is 10.6 Å². The van der Waals surface area contributed by atoms with Gasteiger partial charge in [0.25, 0.3) is 0 Å². The van der Waals surface area contributed by atoms with Crippen molar-refractivity contribution in [3.05, 3.63) is 59.0 Å². The Hall–Kier alpha value is -2.80. The first kappa shape index (κ1) is 21.5. The number of rotatable bonds is 8. The second-order valence-electron chi connectivity index (χ2n) is 6.65. The van der Waals surface area contributed by atoms with Gasteiger partial charge in [-0.25, -0.2) is 9.79 Å². The van der Waals surface area contributed by atoms with Crippen LogP contribution >= 0.6 is 0 Å². The molecule has 0 aliphatic heterocycles. The van der Waals surface area contributed by atoms with Crippen molar-refractivity contribution >= 4 is 11.9 Å². The third kappa shape index (κ3) is 6.13. The Morgan fingerprint density at radius 1 is 1.18 bits per heavy atom. The van der Waals surface area contributed by atoms with Crippen LogP contribution in [0.15, 0.2) is 45.8 Å². The largest absolute Gasteiger partial charge is 0.463 e. The molecule has 0 radical (unpaired) electrons. The Bertz CT molecular complexity index is 794. The monoisotopic (exact) mass is 387 g/mol. The maximum absolute atomic E-state index is 11.7. The van der Waals surface area contributed by atoms with Gasteiger partial charge in [0.1, 0.15) is 17.1 Å². The Morgan fingerprint density at radius 3 is 2.46 bits per heavy atom. The lowest BCUT2D eigenvalue weighted by atomic mass is 10.0. The van der Waals surface area contributed by atoms with Crippen LogP contribution in [-0.4, -0.2) is 36.7 Å². The summed E-state index contributed by atoms with van der Waals surface area (Å²) < 4.78 is 10.5. The zero-order valence-electron chi connectivity index (χ0n) is 16.9. The van der Waals surface area contributed by atoms with Crippen LogP contribution in [0.5, 0.6) is 0 Å². The van der Waals surface area contributed by atoms with Crippen molar-refractivity contribution in [3.63, 3.8) is 0 Å². The van der Waals surface area contributed by atoms with Crippen molar-refractivity contribution in [1.82, 2.24) is 10.6 Å². The number of benzene rings is 1. The Morgan fingerprint density at radius 2 is 1.89 bits per heavy atom. The Kier molecular flexibility index (Phi) is 7.63. The predicted octanol–water partition coefficient (Wildman–Crippen LogP) is 2.73. The fraction of sp³-hybridized carbons (Fsp3) is 0.429. The van der Waals surface area contributed by atoms with Gasteiger partial charge in [-0.15, -0.1) is 0 Å². The van der Waals surface area contributed by atoms with Crippen molar-refractivity contribution in [1.29, 1.82) is 0 Å². The highest BCUT2D eigenvalue weighted by Crippen LogP contribution is 2.21. The van der Waals surface area contributed by atoms with E-state index < -0.39 is 5.60 Å². The highest BCUT2D eigenvalue weighted by Gasteiger charge is 2.27. The average Bonchev–Trinajstić information content (AvgIpc) is 3.12. The minimum absolute atomic E-state index is 0.244. The first-order valence-corrected chi connectivity index (χ1v) is 9.43. The zero-order chi connectivity index (χ0) is 20.6. The van der Waals surface area contributed by atoms with Crippen LogP contribution in [0.1, 0.15) is 48.2 Å². The number of aryl methyl sites for hydroxylation is 1.